The molecule has 1 aliphatic heterocycles. The van der Waals surface area contributed by atoms with Gasteiger partial charge in [0.2, 0.25) is 5.91 Å². The number of hydrogen-bond donors (Lipinski definition) is 3. The molecular weight excluding hydrogens is 202 g/mol. The molecule has 16 heavy (non-hydrogen) atoms. The highest BCUT2D eigenvalue weighted by Crippen LogP contribution is 2.11. The zero-order chi connectivity index (χ0) is 11.4. The molecule has 0 aliphatic carbocycles. The summed E-state index contributed by atoms with van der Waals surface area (Å²) in [4.78, 5) is 11.0. The van der Waals surface area contributed by atoms with Gasteiger partial charge in [0.05, 0.1) is 0 Å². The van der Waals surface area contributed by atoms with E-state index < -0.39 is 0 Å². The van der Waals surface area contributed by atoms with Crippen molar-refractivity contribution in [1.29, 1.82) is 0 Å². The van der Waals surface area contributed by atoms with Gasteiger partial charge in [0, 0.05) is 31.2 Å². The summed E-state index contributed by atoms with van der Waals surface area (Å²) in [5, 5.41) is 6.23. The van der Waals surface area contributed by atoms with Crippen molar-refractivity contribution in [3.8, 4) is 0 Å². The van der Waals surface area contributed by atoms with E-state index in [9.17, 15) is 4.79 Å². The molecule has 4 heteroatoms. The lowest BCUT2D eigenvalue weighted by atomic mass is 10.2. The van der Waals surface area contributed by atoms with Crippen molar-refractivity contribution in [2.75, 3.05) is 11.9 Å². The molecule has 1 saturated heterocycles. The second-order valence-corrected chi connectivity index (χ2v) is 4.09. The van der Waals surface area contributed by atoms with Gasteiger partial charge in [-0.3, -0.25) is 4.79 Å². The van der Waals surface area contributed by atoms with Crippen molar-refractivity contribution in [3.05, 3.63) is 29.8 Å². The Kier molecular flexibility index (Phi) is 3.41. The van der Waals surface area contributed by atoms with Crippen LogP contribution in [0.25, 0.3) is 0 Å². The van der Waals surface area contributed by atoms with Crippen LogP contribution in [0.15, 0.2) is 24.3 Å². The number of rotatable bonds is 4. The maximum Gasteiger partial charge on any atom is 0.220 e. The van der Waals surface area contributed by atoms with Crippen molar-refractivity contribution in [2.24, 2.45) is 5.73 Å². The number of nitrogens with two attached hydrogens (primary N) is 1. The summed E-state index contributed by atoms with van der Waals surface area (Å²) in [7, 11) is 0. The number of nitrogens with one attached hydrogen (secondary N) is 2. The summed E-state index contributed by atoms with van der Waals surface area (Å²) in [6, 6.07) is 8.31. The van der Waals surface area contributed by atoms with Crippen molar-refractivity contribution >= 4 is 11.6 Å². The number of amides is 1. The number of benzene rings is 1. The Bertz CT molecular complexity index is 361. The Morgan fingerprint density at radius 1 is 1.38 bits per heavy atom. The first-order valence-electron chi connectivity index (χ1n) is 5.60. The highest BCUT2D eigenvalue weighted by molar-refractivity contribution is 5.78. The smallest absolute Gasteiger partial charge is 0.220 e. The van der Waals surface area contributed by atoms with Crippen molar-refractivity contribution in [1.82, 2.24) is 5.32 Å². The molecule has 4 nitrogen and oxygen atoms in total. The summed E-state index contributed by atoms with van der Waals surface area (Å²) in [6.07, 6.45) is 1.57. The van der Waals surface area contributed by atoms with E-state index >= 15 is 0 Å². The number of carbonyl (C=O) groups is 1. The molecular formula is C12H17N3O. The van der Waals surface area contributed by atoms with E-state index in [2.05, 4.69) is 10.6 Å². The van der Waals surface area contributed by atoms with Gasteiger partial charge in [-0.25, -0.2) is 0 Å². The molecule has 1 aromatic rings. The fourth-order valence-electron chi connectivity index (χ4n) is 1.83. The standard InChI is InChI=1S/C12H17N3O/c13-7-9-1-3-10(4-2-9)14-8-11-5-6-12(16)15-11/h1-4,11,14H,5-8,13H2,(H,15,16). The Morgan fingerprint density at radius 2 is 2.12 bits per heavy atom. The van der Waals surface area contributed by atoms with Crippen molar-refractivity contribution < 1.29 is 4.79 Å². The minimum Gasteiger partial charge on any atom is -0.383 e. The first-order valence-corrected chi connectivity index (χ1v) is 5.60. The highest BCUT2D eigenvalue weighted by Gasteiger charge is 2.19. The summed E-state index contributed by atoms with van der Waals surface area (Å²) < 4.78 is 0. The largest absolute Gasteiger partial charge is 0.383 e. The zero-order valence-electron chi connectivity index (χ0n) is 9.20. The quantitative estimate of drug-likeness (QED) is 0.703. The van der Waals surface area contributed by atoms with Crippen LogP contribution >= 0.6 is 0 Å². The molecule has 1 aromatic carbocycles. The predicted octanol–water partition coefficient (Wildman–Crippen LogP) is 0.836. The molecule has 0 bridgehead atoms. The van der Waals surface area contributed by atoms with Crippen molar-refractivity contribution in [3.63, 3.8) is 0 Å². The summed E-state index contributed by atoms with van der Waals surface area (Å²) in [6.45, 7) is 1.35. The molecule has 0 spiro atoms. The minimum absolute atomic E-state index is 0.158. The van der Waals surface area contributed by atoms with E-state index in [0.717, 1.165) is 24.2 Å². The monoisotopic (exact) mass is 219 g/mol. The van der Waals surface area contributed by atoms with Gasteiger partial charge in [0.15, 0.2) is 0 Å². The SMILES string of the molecule is NCc1ccc(NCC2CCC(=O)N2)cc1. The van der Waals surface area contributed by atoms with Crippen LogP contribution in [-0.2, 0) is 11.3 Å². The van der Waals surface area contributed by atoms with Gasteiger partial charge >= 0.3 is 0 Å². The average Bonchev–Trinajstić information content (AvgIpc) is 2.73. The predicted molar refractivity (Wildman–Crippen MR) is 64.0 cm³/mol. The van der Waals surface area contributed by atoms with Crippen LogP contribution in [-0.4, -0.2) is 18.5 Å². The van der Waals surface area contributed by atoms with Crippen LogP contribution < -0.4 is 16.4 Å². The number of carbonyl (C=O) groups excluding carboxylic acids is 1. The second-order valence-electron chi connectivity index (χ2n) is 4.09. The van der Waals surface area contributed by atoms with Crippen LogP contribution in [0.4, 0.5) is 5.69 Å². The molecule has 1 unspecified atom stereocenters. The van der Waals surface area contributed by atoms with Crippen LogP contribution in [0.3, 0.4) is 0 Å². The lowest BCUT2D eigenvalue weighted by Crippen LogP contribution is -2.31. The average molecular weight is 219 g/mol. The second kappa shape index (κ2) is 4.99. The molecule has 2 rings (SSSR count). The fraction of sp³-hybridized carbons (Fsp3) is 0.417. The van der Waals surface area contributed by atoms with E-state index in [4.69, 9.17) is 5.73 Å². The third-order valence-corrected chi connectivity index (χ3v) is 2.83. The summed E-state index contributed by atoms with van der Waals surface area (Å²) in [5.41, 5.74) is 7.71. The van der Waals surface area contributed by atoms with Crippen molar-refractivity contribution in [2.45, 2.75) is 25.4 Å². The molecule has 4 N–H and O–H groups in total. The van der Waals surface area contributed by atoms with E-state index in [1.807, 2.05) is 24.3 Å². The van der Waals surface area contributed by atoms with Gasteiger partial charge in [-0.15, -0.1) is 0 Å². The van der Waals surface area contributed by atoms with E-state index in [1.165, 1.54) is 0 Å². The first kappa shape index (κ1) is 11.0. The van der Waals surface area contributed by atoms with Gasteiger partial charge in [0.1, 0.15) is 0 Å². The Morgan fingerprint density at radius 3 is 2.69 bits per heavy atom. The van der Waals surface area contributed by atoms with E-state index in [0.29, 0.717) is 13.0 Å². The highest BCUT2D eigenvalue weighted by atomic mass is 16.1. The third kappa shape index (κ3) is 2.73. The lowest BCUT2D eigenvalue weighted by Gasteiger charge is -2.12. The Labute approximate surface area is 95.2 Å². The maximum absolute atomic E-state index is 11.0. The summed E-state index contributed by atoms with van der Waals surface area (Å²) >= 11 is 0. The molecule has 0 radical (unpaired) electrons. The van der Waals surface area contributed by atoms with Gasteiger partial charge in [0.25, 0.3) is 0 Å². The van der Waals surface area contributed by atoms with Gasteiger partial charge in [-0.05, 0) is 24.1 Å². The van der Waals surface area contributed by atoms with Crippen LogP contribution in [0, 0.1) is 0 Å². The molecule has 1 aliphatic rings. The molecule has 0 saturated carbocycles. The van der Waals surface area contributed by atoms with Gasteiger partial charge < -0.3 is 16.4 Å². The number of anilines is 1. The molecule has 1 heterocycles. The van der Waals surface area contributed by atoms with Crippen LogP contribution in [0.5, 0.6) is 0 Å². The Hall–Kier alpha value is -1.55. The minimum atomic E-state index is 0.158. The van der Waals surface area contributed by atoms with E-state index in [1.54, 1.807) is 0 Å². The van der Waals surface area contributed by atoms with E-state index in [-0.39, 0.29) is 11.9 Å². The molecule has 86 valence electrons. The maximum atomic E-state index is 11.0. The van der Waals surface area contributed by atoms with Gasteiger partial charge in [-0.1, -0.05) is 12.1 Å². The number of hydrogen-bond acceptors (Lipinski definition) is 3. The molecule has 0 aromatic heterocycles. The fourth-order valence-corrected chi connectivity index (χ4v) is 1.83. The normalized spacial score (nSPS) is 19.6. The molecule has 1 fully saturated rings. The lowest BCUT2D eigenvalue weighted by molar-refractivity contribution is -0.119. The molecule has 1 atom stereocenters. The molecule has 1 amide bonds. The topological polar surface area (TPSA) is 67.1 Å². The van der Waals surface area contributed by atoms with Crippen LogP contribution in [0.1, 0.15) is 18.4 Å². The summed E-state index contributed by atoms with van der Waals surface area (Å²) in [5.74, 6) is 0.158. The first-order chi connectivity index (χ1) is 7.78. The van der Waals surface area contributed by atoms with Gasteiger partial charge in [-0.2, -0.15) is 0 Å². The zero-order valence-corrected chi connectivity index (χ0v) is 9.20. The Balaban J connectivity index is 1.82. The van der Waals surface area contributed by atoms with Crippen LogP contribution in [0.2, 0.25) is 0 Å². The third-order valence-electron chi connectivity index (χ3n) is 2.83.